The van der Waals surface area contributed by atoms with Crippen LogP contribution in [0.25, 0.3) is 21.9 Å². The van der Waals surface area contributed by atoms with Crippen LogP contribution < -0.4 is 10.2 Å². The van der Waals surface area contributed by atoms with Gasteiger partial charge in [0.05, 0.1) is 12.5 Å². The number of aromatic hydroxyl groups is 3. The number of para-hydroxylation sites is 1. The standard InChI is InChI=1S/C14H10O6/c1-19-8-4-2-3-6-11(16)10-9(20-14(6)8)5-7(15)12(17)13(10)18/h2-5,15,17-18H,1H3. The number of methoxy groups -OCH3 is 1. The van der Waals surface area contributed by atoms with E-state index in [-0.39, 0.29) is 21.9 Å². The summed E-state index contributed by atoms with van der Waals surface area (Å²) in [5, 5.41) is 28.8. The Balaban J connectivity index is 2.61. The van der Waals surface area contributed by atoms with Gasteiger partial charge in [0.25, 0.3) is 0 Å². The van der Waals surface area contributed by atoms with Crippen LogP contribution in [0.1, 0.15) is 0 Å². The fourth-order valence-corrected chi connectivity index (χ4v) is 2.13. The Morgan fingerprint density at radius 2 is 1.90 bits per heavy atom. The second-order valence-corrected chi connectivity index (χ2v) is 4.23. The molecular weight excluding hydrogens is 264 g/mol. The zero-order chi connectivity index (χ0) is 14.4. The van der Waals surface area contributed by atoms with Gasteiger partial charge in [-0.1, -0.05) is 6.07 Å². The van der Waals surface area contributed by atoms with Crippen LogP contribution >= 0.6 is 0 Å². The first kappa shape index (κ1) is 12.2. The van der Waals surface area contributed by atoms with Gasteiger partial charge < -0.3 is 24.5 Å². The van der Waals surface area contributed by atoms with Gasteiger partial charge in [-0.05, 0) is 12.1 Å². The molecule has 1 aromatic heterocycles. The molecule has 3 aromatic rings. The third kappa shape index (κ3) is 1.48. The van der Waals surface area contributed by atoms with E-state index in [2.05, 4.69) is 0 Å². The topological polar surface area (TPSA) is 100 Å². The smallest absolute Gasteiger partial charge is 0.204 e. The van der Waals surface area contributed by atoms with Crippen molar-refractivity contribution in [2.45, 2.75) is 0 Å². The molecule has 0 spiro atoms. The van der Waals surface area contributed by atoms with Crippen molar-refractivity contribution in [2.75, 3.05) is 7.11 Å². The van der Waals surface area contributed by atoms with Gasteiger partial charge in [-0.25, -0.2) is 0 Å². The Kier molecular flexibility index (Phi) is 2.47. The average molecular weight is 274 g/mol. The van der Waals surface area contributed by atoms with Gasteiger partial charge in [-0.15, -0.1) is 0 Å². The molecule has 0 bridgehead atoms. The van der Waals surface area contributed by atoms with E-state index >= 15 is 0 Å². The minimum atomic E-state index is -0.757. The average Bonchev–Trinajstić information content (AvgIpc) is 2.44. The van der Waals surface area contributed by atoms with E-state index in [9.17, 15) is 20.1 Å². The molecule has 3 rings (SSSR count). The fourth-order valence-electron chi connectivity index (χ4n) is 2.13. The number of hydrogen-bond acceptors (Lipinski definition) is 6. The summed E-state index contributed by atoms with van der Waals surface area (Å²) in [6.45, 7) is 0. The van der Waals surface area contributed by atoms with Crippen LogP contribution in [0.15, 0.2) is 33.5 Å². The molecule has 6 nitrogen and oxygen atoms in total. The number of ether oxygens (including phenoxy) is 1. The van der Waals surface area contributed by atoms with Crippen LogP contribution in [0.5, 0.6) is 23.0 Å². The predicted octanol–water partition coefficient (Wildman–Crippen LogP) is 2.07. The largest absolute Gasteiger partial charge is 0.504 e. The van der Waals surface area contributed by atoms with E-state index in [0.717, 1.165) is 6.07 Å². The molecule has 0 amide bonds. The summed E-state index contributed by atoms with van der Waals surface area (Å²) in [7, 11) is 1.44. The maximum atomic E-state index is 12.4. The molecule has 0 aliphatic rings. The maximum Gasteiger partial charge on any atom is 0.204 e. The number of rotatable bonds is 1. The highest BCUT2D eigenvalue weighted by Crippen LogP contribution is 2.41. The van der Waals surface area contributed by atoms with Crippen molar-refractivity contribution in [2.24, 2.45) is 0 Å². The summed E-state index contributed by atoms with van der Waals surface area (Å²) in [6.07, 6.45) is 0. The summed E-state index contributed by atoms with van der Waals surface area (Å²) in [5.41, 5.74) is -0.357. The van der Waals surface area contributed by atoms with Gasteiger partial charge >= 0.3 is 0 Å². The number of hydrogen-bond donors (Lipinski definition) is 3. The summed E-state index contributed by atoms with van der Waals surface area (Å²) in [5.74, 6) is -1.69. The van der Waals surface area contributed by atoms with Crippen molar-refractivity contribution >= 4 is 21.9 Å². The second-order valence-electron chi connectivity index (χ2n) is 4.23. The van der Waals surface area contributed by atoms with Gasteiger partial charge in [-0.2, -0.15) is 0 Å². The zero-order valence-corrected chi connectivity index (χ0v) is 10.4. The molecule has 0 aliphatic carbocycles. The Hall–Kier alpha value is -2.89. The van der Waals surface area contributed by atoms with Gasteiger partial charge in [0, 0.05) is 6.07 Å². The quantitative estimate of drug-likeness (QED) is 0.464. The highest BCUT2D eigenvalue weighted by atomic mass is 16.5. The van der Waals surface area contributed by atoms with Gasteiger partial charge in [-0.3, -0.25) is 4.79 Å². The predicted molar refractivity (Wildman–Crippen MR) is 71.5 cm³/mol. The van der Waals surface area contributed by atoms with Crippen LogP contribution in [-0.2, 0) is 0 Å². The molecule has 0 unspecified atom stereocenters. The number of phenols is 3. The van der Waals surface area contributed by atoms with E-state index in [0.29, 0.717) is 5.75 Å². The number of benzene rings is 2. The lowest BCUT2D eigenvalue weighted by atomic mass is 10.1. The minimum absolute atomic E-state index is 0.0419. The van der Waals surface area contributed by atoms with Crippen LogP contribution in [0.4, 0.5) is 0 Å². The summed E-state index contributed by atoms with van der Waals surface area (Å²) < 4.78 is 10.6. The molecule has 102 valence electrons. The highest BCUT2D eigenvalue weighted by Gasteiger charge is 2.19. The lowest BCUT2D eigenvalue weighted by Crippen LogP contribution is -2.03. The molecule has 0 saturated heterocycles. The Bertz CT molecular complexity index is 894. The first-order valence-electron chi connectivity index (χ1n) is 5.72. The zero-order valence-electron chi connectivity index (χ0n) is 10.4. The van der Waals surface area contributed by atoms with Crippen molar-refractivity contribution in [1.29, 1.82) is 0 Å². The lowest BCUT2D eigenvalue weighted by Gasteiger charge is -2.08. The molecule has 6 heteroatoms. The van der Waals surface area contributed by atoms with Crippen molar-refractivity contribution in [3.05, 3.63) is 34.5 Å². The maximum absolute atomic E-state index is 12.4. The second kappa shape index (κ2) is 4.06. The molecule has 0 aliphatic heterocycles. The summed E-state index contributed by atoms with van der Waals surface area (Å²) >= 11 is 0. The Labute approximate surface area is 112 Å². The van der Waals surface area contributed by atoms with Crippen LogP contribution in [0, 0.1) is 0 Å². The normalized spacial score (nSPS) is 11.1. The molecule has 2 aromatic carbocycles. The number of fused-ring (bicyclic) bond motifs is 2. The third-order valence-corrected chi connectivity index (χ3v) is 3.10. The number of phenolic OH excluding ortho intramolecular Hbond substituents is 3. The molecule has 20 heavy (non-hydrogen) atoms. The fraction of sp³-hybridized carbons (Fsp3) is 0.0714. The molecular formula is C14H10O6. The van der Waals surface area contributed by atoms with Crippen molar-refractivity contribution < 1.29 is 24.5 Å². The molecule has 0 atom stereocenters. The monoisotopic (exact) mass is 274 g/mol. The Morgan fingerprint density at radius 3 is 2.60 bits per heavy atom. The minimum Gasteiger partial charge on any atom is -0.504 e. The van der Waals surface area contributed by atoms with E-state index < -0.39 is 22.7 Å². The van der Waals surface area contributed by atoms with Gasteiger partial charge in [0.1, 0.15) is 11.0 Å². The van der Waals surface area contributed by atoms with Gasteiger partial charge in [0.15, 0.2) is 22.8 Å². The van der Waals surface area contributed by atoms with E-state index in [1.165, 1.54) is 13.2 Å². The van der Waals surface area contributed by atoms with Crippen molar-refractivity contribution in [1.82, 2.24) is 0 Å². The first-order valence-corrected chi connectivity index (χ1v) is 5.72. The highest BCUT2D eigenvalue weighted by molar-refractivity contribution is 5.97. The summed E-state index contributed by atoms with van der Waals surface area (Å²) in [6, 6.07) is 5.82. The molecule has 3 N–H and O–H groups in total. The van der Waals surface area contributed by atoms with Crippen molar-refractivity contribution in [3.8, 4) is 23.0 Å². The molecule has 0 fully saturated rings. The van der Waals surface area contributed by atoms with Crippen LogP contribution in [-0.4, -0.2) is 22.4 Å². The SMILES string of the molecule is COc1cccc2c(=O)c3c(O)c(O)c(O)cc3oc12. The van der Waals surface area contributed by atoms with Gasteiger partial charge in [0.2, 0.25) is 11.2 Å². The first-order chi connectivity index (χ1) is 9.54. The third-order valence-electron chi connectivity index (χ3n) is 3.10. The molecule has 1 heterocycles. The van der Waals surface area contributed by atoms with E-state index in [1.807, 2.05) is 0 Å². The lowest BCUT2D eigenvalue weighted by molar-refractivity contribution is 0.370. The van der Waals surface area contributed by atoms with E-state index in [4.69, 9.17) is 9.15 Å². The van der Waals surface area contributed by atoms with E-state index in [1.54, 1.807) is 12.1 Å². The molecule has 0 radical (unpaired) electrons. The Morgan fingerprint density at radius 1 is 1.15 bits per heavy atom. The molecule has 0 saturated carbocycles. The van der Waals surface area contributed by atoms with Crippen LogP contribution in [0.3, 0.4) is 0 Å². The van der Waals surface area contributed by atoms with Crippen molar-refractivity contribution in [3.63, 3.8) is 0 Å². The summed E-state index contributed by atoms with van der Waals surface area (Å²) in [4.78, 5) is 12.4. The van der Waals surface area contributed by atoms with Crippen LogP contribution in [0.2, 0.25) is 0 Å².